The van der Waals surface area contributed by atoms with Crippen molar-refractivity contribution in [2.45, 2.75) is 25.7 Å². The van der Waals surface area contributed by atoms with Gasteiger partial charge < -0.3 is 14.4 Å². The van der Waals surface area contributed by atoms with Crippen LogP contribution < -0.4 is 9.47 Å². The molecule has 1 heterocycles. The highest BCUT2D eigenvalue weighted by atomic mass is 16.5. The zero-order valence-corrected chi connectivity index (χ0v) is 13.7. The van der Waals surface area contributed by atoms with Crippen LogP contribution in [0.4, 0.5) is 0 Å². The molecule has 0 bridgehead atoms. The second-order valence-corrected chi connectivity index (χ2v) is 5.49. The predicted octanol–water partition coefficient (Wildman–Crippen LogP) is 3.01. The second-order valence-electron chi connectivity index (χ2n) is 5.49. The summed E-state index contributed by atoms with van der Waals surface area (Å²) in [4.78, 5) is 14.3. The van der Waals surface area contributed by atoms with Crippen LogP contribution in [0.3, 0.4) is 0 Å². The van der Waals surface area contributed by atoms with Crippen LogP contribution in [-0.2, 0) is 4.79 Å². The Morgan fingerprint density at radius 2 is 1.78 bits per heavy atom. The van der Waals surface area contributed by atoms with Gasteiger partial charge in [-0.1, -0.05) is 18.9 Å². The molecule has 1 aromatic carbocycles. The van der Waals surface area contributed by atoms with Crippen molar-refractivity contribution in [2.24, 2.45) is 0 Å². The lowest BCUT2D eigenvalue weighted by molar-refractivity contribution is -0.126. The molecule has 1 aliphatic rings. The van der Waals surface area contributed by atoms with Crippen molar-refractivity contribution in [1.82, 2.24) is 4.90 Å². The lowest BCUT2D eigenvalue weighted by Gasteiger charge is -2.19. The molecule has 0 aliphatic carbocycles. The molecule has 5 heteroatoms. The normalized spacial score (nSPS) is 15.5. The topological polar surface area (TPSA) is 62.6 Å². The molecule has 0 radical (unpaired) electrons. The summed E-state index contributed by atoms with van der Waals surface area (Å²) >= 11 is 0. The average molecular weight is 314 g/mol. The van der Waals surface area contributed by atoms with E-state index in [0.717, 1.165) is 44.3 Å². The smallest absolute Gasteiger partial charge is 0.264 e. The minimum absolute atomic E-state index is 0.152. The summed E-state index contributed by atoms with van der Waals surface area (Å²) in [5.74, 6) is 0.993. The fraction of sp³-hybridized carbons (Fsp3) is 0.444. The molecule has 0 atom stereocenters. The first-order valence-electron chi connectivity index (χ1n) is 7.82. The number of benzene rings is 1. The summed E-state index contributed by atoms with van der Waals surface area (Å²) in [6.07, 6.45) is 5.90. The molecule has 1 saturated heterocycles. The summed E-state index contributed by atoms with van der Waals surface area (Å²) in [6, 6.07) is 7.35. The van der Waals surface area contributed by atoms with E-state index in [1.54, 1.807) is 43.4 Å². The Kier molecular flexibility index (Phi) is 6.04. The molecule has 0 aromatic heterocycles. The number of hydrogen-bond donors (Lipinski definition) is 0. The molecular weight excluding hydrogens is 292 g/mol. The van der Waals surface area contributed by atoms with Gasteiger partial charge in [0.1, 0.15) is 11.6 Å². The first-order chi connectivity index (χ1) is 11.2. The molecule has 0 saturated carbocycles. The monoisotopic (exact) mass is 314 g/mol. The maximum absolute atomic E-state index is 12.5. The predicted molar refractivity (Wildman–Crippen MR) is 88.2 cm³/mol. The van der Waals surface area contributed by atoms with E-state index < -0.39 is 0 Å². The highest BCUT2D eigenvalue weighted by Gasteiger charge is 2.19. The fourth-order valence-electron chi connectivity index (χ4n) is 2.70. The van der Waals surface area contributed by atoms with Crippen molar-refractivity contribution in [2.75, 3.05) is 27.3 Å². The van der Waals surface area contributed by atoms with Crippen LogP contribution in [0.5, 0.6) is 11.5 Å². The molecule has 0 unspecified atom stereocenters. The van der Waals surface area contributed by atoms with Gasteiger partial charge in [-0.15, -0.1) is 0 Å². The number of likely N-dealkylation sites (tertiary alicyclic amines) is 1. The number of methoxy groups -OCH3 is 2. The SMILES string of the molecule is COc1ccc(C=C(C#N)C(=O)N2CCCCCC2)cc1OC. The fourth-order valence-corrected chi connectivity index (χ4v) is 2.70. The van der Waals surface area contributed by atoms with Gasteiger partial charge in [0, 0.05) is 13.1 Å². The van der Waals surface area contributed by atoms with Crippen LogP contribution in [0, 0.1) is 11.3 Å². The Balaban J connectivity index is 2.24. The number of carbonyl (C=O) groups is 1. The lowest BCUT2D eigenvalue weighted by atomic mass is 10.1. The van der Waals surface area contributed by atoms with Crippen LogP contribution in [0.1, 0.15) is 31.2 Å². The molecule has 1 aromatic rings. The van der Waals surface area contributed by atoms with Gasteiger partial charge >= 0.3 is 0 Å². The van der Waals surface area contributed by atoms with E-state index in [-0.39, 0.29) is 11.5 Å². The Bertz CT molecular complexity index is 624. The molecule has 1 aliphatic heterocycles. The zero-order valence-electron chi connectivity index (χ0n) is 13.7. The highest BCUT2D eigenvalue weighted by molar-refractivity contribution is 6.01. The average Bonchev–Trinajstić information content (AvgIpc) is 2.88. The molecule has 1 fully saturated rings. The molecule has 5 nitrogen and oxygen atoms in total. The van der Waals surface area contributed by atoms with Crippen molar-refractivity contribution in [3.8, 4) is 17.6 Å². The molecule has 122 valence electrons. The Labute approximate surface area is 137 Å². The van der Waals surface area contributed by atoms with E-state index in [2.05, 4.69) is 0 Å². The van der Waals surface area contributed by atoms with E-state index in [4.69, 9.17) is 9.47 Å². The van der Waals surface area contributed by atoms with Crippen molar-refractivity contribution < 1.29 is 14.3 Å². The van der Waals surface area contributed by atoms with Crippen LogP contribution in [0.25, 0.3) is 6.08 Å². The summed E-state index contributed by atoms with van der Waals surface area (Å²) in [6.45, 7) is 1.45. The minimum atomic E-state index is -0.191. The third-order valence-corrected chi connectivity index (χ3v) is 3.96. The Morgan fingerprint density at radius 3 is 2.35 bits per heavy atom. The summed E-state index contributed by atoms with van der Waals surface area (Å²) in [7, 11) is 3.12. The van der Waals surface area contributed by atoms with Gasteiger partial charge in [-0.3, -0.25) is 4.79 Å². The van der Waals surface area contributed by atoms with Gasteiger partial charge in [0.2, 0.25) is 0 Å². The third-order valence-electron chi connectivity index (χ3n) is 3.96. The van der Waals surface area contributed by atoms with E-state index in [1.807, 2.05) is 6.07 Å². The molecule has 23 heavy (non-hydrogen) atoms. The standard InChI is InChI=1S/C18H22N2O3/c1-22-16-8-7-14(12-17(16)23-2)11-15(13-19)18(21)20-9-5-3-4-6-10-20/h7-8,11-12H,3-6,9-10H2,1-2H3. The van der Waals surface area contributed by atoms with Crippen LogP contribution in [-0.4, -0.2) is 38.1 Å². The number of carbonyl (C=O) groups excluding carboxylic acids is 1. The first-order valence-corrected chi connectivity index (χ1v) is 7.82. The van der Waals surface area contributed by atoms with Crippen LogP contribution in [0.2, 0.25) is 0 Å². The number of rotatable bonds is 4. The third kappa shape index (κ3) is 4.26. The van der Waals surface area contributed by atoms with Gasteiger partial charge in [-0.2, -0.15) is 5.26 Å². The highest BCUT2D eigenvalue weighted by Crippen LogP contribution is 2.28. The zero-order chi connectivity index (χ0) is 16.7. The van der Waals surface area contributed by atoms with Gasteiger partial charge in [0.15, 0.2) is 11.5 Å². The van der Waals surface area contributed by atoms with E-state index >= 15 is 0 Å². The van der Waals surface area contributed by atoms with Gasteiger partial charge in [0.05, 0.1) is 14.2 Å². The number of hydrogen-bond acceptors (Lipinski definition) is 4. The van der Waals surface area contributed by atoms with Crippen LogP contribution in [0.15, 0.2) is 23.8 Å². The summed E-state index contributed by atoms with van der Waals surface area (Å²) in [5, 5.41) is 9.36. The maximum atomic E-state index is 12.5. The molecular formula is C18H22N2O3. The van der Waals surface area contributed by atoms with Gasteiger partial charge in [0.25, 0.3) is 5.91 Å². The first kappa shape index (κ1) is 16.9. The Hall–Kier alpha value is -2.48. The number of nitriles is 1. The summed E-state index contributed by atoms with van der Waals surface area (Å²) < 4.78 is 10.4. The maximum Gasteiger partial charge on any atom is 0.264 e. The quantitative estimate of drug-likeness (QED) is 0.633. The minimum Gasteiger partial charge on any atom is -0.493 e. The number of nitrogens with zero attached hydrogens (tertiary/aromatic N) is 2. The largest absolute Gasteiger partial charge is 0.493 e. The lowest BCUT2D eigenvalue weighted by Crippen LogP contribution is -2.32. The summed E-state index contributed by atoms with van der Waals surface area (Å²) in [5.41, 5.74) is 0.890. The van der Waals surface area contributed by atoms with Gasteiger partial charge in [-0.05, 0) is 36.6 Å². The molecule has 0 N–H and O–H groups in total. The second kappa shape index (κ2) is 8.23. The van der Waals surface area contributed by atoms with Crippen LogP contribution >= 0.6 is 0 Å². The molecule has 1 amide bonds. The van der Waals surface area contributed by atoms with Crippen molar-refractivity contribution in [3.63, 3.8) is 0 Å². The van der Waals surface area contributed by atoms with E-state index in [1.165, 1.54) is 0 Å². The number of amides is 1. The number of ether oxygens (including phenoxy) is 2. The van der Waals surface area contributed by atoms with Gasteiger partial charge in [-0.25, -0.2) is 0 Å². The van der Waals surface area contributed by atoms with E-state index in [9.17, 15) is 10.1 Å². The molecule has 0 spiro atoms. The molecule has 2 rings (SSSR count). The van der Waals surface area contributed by atoms with Crippen molar-refractivity contribution >= 4 is 12.0 Å². The van der Waals surface area contributed by atoms with Crippen molar-refractivity contribution in [1.29, 1.82) is 5.26 Å². The van der Waals surface area contributed by atoms with E-state index in [0.29, 0.717) is 11.5 Å². The Morgan fingerprint density at radius 1 is 1.13 bits per heavy atom. The van der Waals surface area contributed by atoms with Crippen molar-refractivity contribution in [3.05, 3.63) is 29.3 Å².